The summed E-state index contributed by atoms with van der Waals surface area (Å²) >= 11 is 0. The zero-order valence-corrected chi connectivity index (χ0v) is 11.2. The average Bonchev–Trinajstić information content (AvgIpc) is 2.21. The maximum absolute atomic E-state index is 11.2. The number of hydrogen-bond donors (Lipinski definition) is 1. The highest BCUT2D eigenvalue weighted by molar-refractivity contribution is 5.77. The highest BCUT2D eigenvalue weighted by atomic mass is 16.5. The molecular weight excluding hydrogens is 202 g/mol. The van der Waals surface area contributed by atoms with E-state index in [1.807, 2.05) is 13.8 Å². The van der Waals surface area contributed by atoms with Crippen molar-refractivity contribution in [2.45, 2.75) is 47.0 Å². The second-order valence-corrected chi connectivity index (χ2v) is 4.95. The first-order valence-electron chi connectivity index (χ1n) is 6.39. The van der Waals surface area contributed by atoms with Crippen molar-refractivity contribution in [3.05, 3.63) is 0 Å². The number of carbonyl (C=O) groups is 1. The minimum atomic E-state index is 0.0855. The molecule has 0 fully saturated rings. The molecule has 0 aromatic heterocycles. The molecule has 0 spiro atoms. The second kappa shape index (κ2) is 9.64. The van der Waals surface area contributed by atoms with E-state index in [1.54, 1.807) is 0 Å². The molecule has 0 atom stereocenters. The molecule has 0 unspecified atom stereocenters. The zero-order chi connectivity index (χ0) is 12.4. The van der Waals surface area contributed by atoms with Gasteiger partial charge in [-0.05, 0) is 25.2 Å². The van der Waals surface area contributed by atoms with E-state index in [1.165, 1.54) is 0 Å². The molecule has 0 bridgehead atoms. The summed E-state index contributed by atoms with van der Waals surface area (Å²) in [6.45, 7) is 10.6. The van der Waals surface area contributed by atoms with Gasteiger partial charge in [0.1, 0.15) is 0 Å². The van der Waals surface area contributed by atoms with E-state index in [0.29, 0.717) is 5.92 Å². The van der Waals surface area contributed by atoms with E-state index < -0.39 is 0 Å². The van der Waals surface area contributed by atoms with Crippen LogP contribution in [0.15, 0.2) is 0 Å². The maximum atomic E-state index is 11.2. The molecule has 1 N–H and O–H groups in total. The molecule has 0 aliphatic rings. The number of hydrogen-bond acceptors (Lipinski definition) is 2. The average molecular weight is 229 g/mol. The molecule has 3 nitrogen and oxygen atoms in total. The first kappa shape index (κ1) is 15.4. The van der Waals surface area contributed by atoms with Crippen molar-refractivity contribution >= 4 is 5.91 Å². The minimum Gasteiger partial charge on any atom is -0.381 e. The quantitative estimate of drug-likeness (QED) is 0.617. The lowest BCUT2D eigenvalue weighted by Gasteiger charge is -2.08. The molecule has 3 heteroatoms. The van der Waals surface area contributed by atoms with Crippen LogP contribution in [0, 0.1) is 11.8 Å². The van der Waals surface area contributed by atoms with Gasteiger partial charge in [-0.1, -0.05) is 27.7 Å². The molecule has 0 aliphatic heterocycles. The highest BCUT2D eigenvalue weighted by Gasteiger charge is 2.04. The summed E-state index contributed by atoms with van der Waals surface area (Å²) in [6, 6.07) is 0. The zero-order valence-electron chi connectivity index (χ0n) is 11.2. The Balaban J connectivity index is 3.13. The van der Waals surface area contributed by atoms with E-state index in [2.05, 4.69) is 19.2 Å². The third-order valence-corrected chi connectivity index (χ3v) is 2.38. The molecule has 0 saturated heterocycles. The van der Waals surface area contributed by atoms with Crippen molar-refractivity contribution in [3.63, 3.8) is 0 Å². The topological polar surface area (TPSA) is 38.3 Å². The molecule has 16 heavy (non-hydrogen) atoms. The predicted molar refractivity (Wildman–Crippen MR) is 67.4 cm³/mol. The summed E-state index contributed by atoms with van der Waals surface area (Å²) in [5, 5.41) is 2.90. The fourth-order valence-electron chi connectivity index (χ4n) is 1.17. The fourth-order valence-corrected chi connectivity index (χ4v) is 1.17. The first-order chi connectivity index (χ1) is 7.54. The molecule has 1 amide bonds. The number of amides is 1. The molecule has 0 aromatic rings. The van der Waals surface area contributed by atoms with Crippen LogP contribution < -0.4 is 5.32 Å². The van der Waals surface area contributed by atoms with Crippen molar-refractivity contribution in [2.24, 2.45) is 11.8 Å². The lowest BCUT2D eigenvalue weighted by Crippen LogP contribution is -2.28. The summed E-state index contributed by atoms with van der Waals surface area (Å²) in [6.07, 6.45) is 3.15. The van der Waals surface area contributed by atoms with Crippen LogP contribution in [0.3, 0.4) is 0 Å². The molecule has 0 heterocycles. The number of carbonyl (C=O) groups excluding carboxylic acids is 1. The molecular formula is C13H27NO2. The lowest BCUT2D eigenvalue weighted by atomic mass is 10.1. The SMILES string of the molecule is CC(C)CCOCCCCNC(=O)C(C)C. The van der Waals surface area contributed by atoms with Gasteiger partial charge in [0, 0.05) is 25.7 Å². The fraction of sp³-hybridized carbons (Fsp3) is 0.923. The number of nitrogens with one attached hydrogen (secondary N) is 1. The standard InChI is InChI=1S/C13H27NO2/c1-11(2)7-10-16-9-6-5-8-14-13(15)12(3)4/h11-12H,5-10H2,1-4H3,(H,14,15). The minimum absolute atomic E-state index is 0.0855. The summed E-state index contributed by atoms with van der Waals surface area (Å²) < 4.78 is 5.49. The third-order valence-electron chi connectivity index (χ3n) is 2.38. The maximum Gasteiger partial charge on any atom is 0.222 e. The Hall–Kier alpha value is -0.570. The van der Waals surface area contributed by atoms with Crippen LogP contribution in [-0.4, -0.2) is 25.7 Å². The van der Waals surface area contributed by atoms with Gasteiger partial charge in [-0.2, -0.15) is 0 Å². The highest BCUT2D eigenvalue weighted by Crippen LogP contribution is 1.99. The van der Waals surface area contributed by atoms with Gasteiger partial charge in [0.25, 0.3) is 0 Å². The van der Waals surface area contributed by atoms with Crippen molar-refractivity contribution in [1.29, 1.82) is 0 Å². The lowest BCUT2D eigenvalue weighted by molar-refractivity contribution is -0.123. The van der Waals surface area contributed by atoms with E-state index >= 15 is 0 Å². The van der Waals surface area contributed by atoms with Crippen LogP contribution in [-0.2, 0) is 9.53 Å². The van der Waals surface area contributed by atoms with E-state index in [9.17, 15) is 4.79 Å². The normalized spacial score (nSPS) is 11.1. The second-order valence-electron chi connectivity index (χ2n) is 4.95. The van der Waals surface area contributed by atoms with Gasteiger partial charge in [-0.25, -0.2) is 0 Å². The Kier molecular flexibility index (Phi) is 9.30. The van der Waals surface area contributed by atoms with Crippen LogP contribution >= 0.6 is 0 Å². The number of unbranched alkanes of at least 4 members (excludes halogenated alkanes) is 1. The van der Waals surface area contributed by atoms with Crippen LogP contribution in [0.25, 0.3) is 0 Å². The summed E-state index contributed by atoms with van der Waals surface area (Å²) in [4.78, 5) is 11.2. The molecule has 0 saturated carbocycles. The van der Waals surface area contributed by atoms with Crippen molar-refractivity contribution in [3.8, 4) is 0 Å². The van der Waals surface area contributed by atoms with Crippen LogP contribution in [0.2, 0.25) is 0 Å². The number of rotatable bonds is 9. The Bertz CT molecular complexity index is 179. The van der Waals surface area contributed by atoms with Gasteiger partial charge in [-0.3, -0.25) is 4.79 Å². The monoisotopic (exact) mass is 229 g/mol. The Morgan fingerprint density at radius 3 is 2.38 bits per heavy atom. The smallest absolute Gasteiger partial charge is 0.222 e. The van der Waals surface area contributed by atoms with Crippen molar-refractivity contribution in [2.75, 3.05) is 19.8 Å². The molecule has 96 valence electrons. The Morgan fingerprint density at radius 1 is 1.12 bits per heavy atom. The molecule has 0 aliphatic carbocycles. The predicted octanol–water partition coefficient (Wildman–Crippen LogP) is 2.60. The van der Waals surface area contributed by atoms with Crippen molar-refractivity contribution in [1.82, 2.24) is 5.32 Å². The first-order valence-corrected chi connectivity index (χ1v) is 6.39. The van der Waals surface area contributed by atoms with Crippen LogP contribution in [0.1, 0.15) is 47.0 Å². The largest absolute Gasteiger partial charge is 0.381 e. The van der Waals surface area contributed by atoms with E-state index in [0.717, 1.165) is 39.0 Å². The van der Waals surface area contributed by atoms with E-state index in [-0.39, 0.29) is 11.8 Å². The van der Waals surface area contributed by atoms with Crippen LogP contribution in [0.5, 0.6) is 0 Å². The Morgan fingerprint density at radius 2 is 1.81 bits per heavy atom. The van der Waals surface area contributed by atoms with Gasteiger partial charge in [0.05, 0.1) is 0 Å². The number of ether oxygens (including phenoxy) is 1. The van der Waals surface area contributed by atoms with Gasteiger partial charge in [0.15, 0.2) is 0 Å². The van der Waals surface area contributed by atoms with Gasteiger partial charge >= 0.3 is 0 Å². The molecule has 0 aromatic carbocycles. The summed E-state index contributed by atoms with van der Waals surface area (Å²) in [5.74, 6) is 0.938. The third kappa shape index (κ3) is 9.97. The van der Waals surface area contributed by atoms with Crippen LogP contribution in [0.4, 0.5) is 0 Å². The van der Waals surface area contributed by atoms with E-state index in [4.69, 9.17) is 4.74 Å². The van der Waals surface area contributed by atoms with Gasteiger partial charge in [0.2, 0.25) is 5.91 Å². The molecule has 0 rings (SSSR count). The molecule has 0 radical (unpaired) electrons. The van der Waals surface area contributed by atoms with Gasteiger partial charge < -0.3 is 10.1 Å². The van der Waals surface area contributed by atoms with Crippen molar-refractivity contribution < 1.29 is 9.53 Å². The Labute approximate surface area is 99.9 Å². The summed E-state index contributed by atoms with van der Waals surface area (Å²) in [7, 11) is 0. The van der Waals surface area contributed by atoms with Gasteiger partial charge in [-0.15, -0.1) is 0 Å². The summed E-state index contributed by atoms with van der Waals surface area (Å²) in [5.41, 5.74) is 0.